The molecular weight excluding hydrogens is 444 g/mol. The van der Waals surface area contributed by atoms with Crippen molar-refractivity contribution in [2.75, 3.05) is 31.3 Å². The first kappa shape index (κ1) is 23.0. The summed E-state index contributed by atoms with van der Waals surface area (Å²) in [6.07, 6.45) is 0.397. The molecular formula is C21H25ClN2O6S. The molecule has 2 aromatic rings. The molecule has 3 rings (SSSR count). The molecule has 1 heterocycles. The molecule has 0 aliphatic carbocycles. The highest BCUT2D eigenvalue weighted by molar-refractivity contribution is 7.92. The Labute approximate surface area is 187 Å². The molecule has 1 N–H and O–H groups in total. The Balaban J connectivity index is 1.84. The Morgan fingerprint density at radius 1 is 1.23 bits per heavy atom. The van der Waals surface area contributed by atoms with Crippen LogP contribution in [0.15, 0.2) is 36.4 Å². The van der Waals surface area contributed by atoms with E-state index < -0.39 is 22.2 Å². The number of amides is 1. The summed E-state index contributed by atoms with van der Waals surface area (Å²) in [4.78, 5) is 13.0. The Morgan fingerprint density at radius 3 is 2.61 bits per heavy atom. The third-order valence-electron chi connectivity index (χ3n) is 5.01. The van der Waals surface area contributed by atoms with Crippen molar-refractivity contribution in [3.63, 3.8) is 0 Å². The van der Waals surface area contributed by atoms with Gasteiger partial charge in [-0.3, -0.25) is 9.10 Å². The van der Waals surface area contributed by atoms with E-state index in [1.54, 1.807) is 44.6 Å². The van der Waals surface area contributed by atoms with Gasteiger partial charge in [0, 0.05) is 23.6 Å². The number of carbonyl (C=O) groups is 1. The maximum Gasteiger partial charge on any atom is 0.261 e. The zero-order valence-electron chi connectivity index (χ0n) is 17.7. The molecule has 1 aliphatic heterocycles. The molecule has 1 amide bonds. The van der Waals surface area contributed by atoms with E-state index in [1.165, 1.54) is 10.4 Å². The van der Waals surface area contributed by atoms with Crippen molar-refractivity contribution in [2.45, 2.75) is 25.5 Å². The number of anilines is 1. The van der Waals surface area contributed by atoms with E-state index in [1.807, 2.05) is 6.92 Å². The van der Waals surface area contributed by atoms with Crippen LogP contribution in [0.3, 0.4) is 0 Å². The van der Waals surface area contributed by atoms with Crippen molar-refractivity contribution in [3.8, 4) is 17.2 Å². The van der Waals surface area contributed by atoms with Gasteiger partial charge < -0.3 is 19.5 Å². The monoisotopic (exact) mass is 468 g/mol. The average molecular weight is 469 g/mol. The summed E-state index contributed by atoms with van der Waals surface area (Å²) in [5.74, 6) is 1.16. The summed E-state index contributed by atoms with van der Waals surface area (Å²) >= 11 is 6.06. The lowest BCUT2D eigenvalue weighted by Crippen LogP contribution is -2.40. The average Bonchev–Trinajstić information content (AvgIpc) is 2.92. The van der Waals surface area contributed by atoms with Crippen molar-refractivity contribution < 1.29 is 27.4 Å². The number of fused-ring (bicyclic) bond motifs is 1. The van der Waals surface area contributed by atoms with E-state index in [0.29, 0.717) is 22.2 Å². The minimum absolute atomic E-state index is 0.0844. The van der Waals surface area contributed by atoms with Crippen LogP contribution in [0.4, 0.5) is 5.69 Å². The summed E-state index contributed by atoms with van der Waals surface area (Å²) in [7, 11) is -0.466. The highest BCUT2D eigenvalue weighted by Gasteiger charge is 2.32. The van der Waals surface area contributed by atoms with Crippen molar-refractivity contribution in [1.82, 2.24) is 5.32 Å². The lowest BCUT2D eigenvalue weighted by molar-refractivity contribution is -0.128. The minimum Gasteiger partial charge on any atom is -0.497 e. The van der Waals surface area contributed by atoms with Crippen LogP contribution >= 0.6 is 11.6 Å². The zero-order chi connectivity index (χ0) is 22.8. The van der Waals surface area contributed by atoms with E-state index in [2.05, 4.69) is 5.32 Å². The van der Waals surface area contributed by atoms with Gasteiger partial charge in [-0.05, 0) is 43.3 Å². The van der Waals surface area contributed by atoms with Crippen LogP contribution in [-0.2, 0) is 14.8 Å². The Hall–Kier alpha value is -2.65. The van der Waals surface area contributed by atoms with Crippen molar-refractivity contribution >= 4 is 33.2 Å². The van der Waals surface area contributed by atoms with E-state index in [9.17, 15) is 13.2 Å². The molecule has 0 spiro atoms. The first-order valence-corrected chi connectivity index (χ1v) is 11.8. The normalized spacial score (nSPS) is 17.1. The molecule has 0 saturated heterocycles. The number of rotatable bonds is 6. The van der Waals surface area contributed by atoms with Crippen LogP contribution in [0.2, 0.25) is 5.02 Å². The second kappa shape index (κ2) is 9.23. The molecule has 0 radical (unpaired) electrons. The molecule has 0 aromatic heterocycles. The second-order valence-corrected chi connectivity index (χ2v) is 9.52. The van der Waals surface area contributed by atoms with Crippen LogP contribution < -0.4 is 23.8 Å². The van der Waals surface area contributed by atoms with Crippen molar-refractivity contribution in [1.29, 1.82) is 0 Å². The number of nitrogens with one attached hydrogen (secondary N) is 1. The lowest BCUT2D eigenvalue weighted by atomic mass is 10.1. The highest BCUT2D eigenvalue weighted by Crippen LogP contribution is 2.36. The standard InChI is InChI=1S/C21H25ClN2O6S/c1-13(16-12-15(28-2)6-8-18(16)29-3)23-21(25)20-9-10-24(31(4,26)27)17-11-14(22)5-7-19(17)30-20/h5-8,11-13,20H,9-10H2,1-4H3,(H,23,25)/t13-,20-/m1/s1. The fourth-order valence-corrected chi connectivity index (χ4v) is 4.55. The van der Waals surface area contributed by atoms with Gasteiger partial charge in [-0.15, -0.1) is 0 Å². The number of methoxy groups -OCH3 is 2. The smallest absolute Gasteiger partial charge is 0.261 e. The summed E-state index contributed by atoms with van der Waals surface area (Å²) in [6, 6.07) is 9.60. The molecule has 1 aliphatic rings. The highest BCUT2D eigenvalue weighted by atomic mass is 35.5. The lowest BCUT2D eigenvalue weighted by Gasteiger charge is -2.22. The van der Waals surface area contributed by atoms with Gasteiger partial charge in [-0.2, -0.15) is 0 Å². The zero-order valence-corrected chi connectivity index (χ0v) is 19.3. The van der Waals surface area contributed by atoms with Crippen LogP contribution in [0.25, 0.3) is 0 Å². The van der Waals surface area contributed by atoms with E-state index in [-0.39, 0.29) is 24.6 Å². The largest absolute Gasteiger partial charge is 0.497 e. The predicted octanol–water partition coefficient (Wildman–Crippen LogP) is 3.15. The van der Waals surface area contributed by atoms with E-state index >= 15 is 0 Å². The maximum atomic E-state index is 13.0. The Bertz CT molecular complexity index is 1080. The van der Waals surface area contributed by atoms with Crippen molar-refractivity contribution in [3.05, 3.63) is 47.0 Å². The van der Waals surface area contributed by atoms with Crippen LogP contribution in [0.1, 0.15) is 24.9 Å². The number of carbonyl (C=O) groups excluding carboxylic acids is 1. The van der Waals surface area contributed by atoms with Gasteiger partial charge in [-0.25, -0.2) is 8.42 Å². The van der Waals surface area contributed by atoms with Gasteiger partial charge >= 0.3 is 0 Å². The predicted molar refractivity (Wildman–Crippen MR) is 119 cm³/mol. The molecule has 2 atom stereocenters. The van der Waals surface area contributed by atoms with Crippen LogP contribution in [0, 0.1) is 0 Å². The van der Waals surface area contributed by atoms with Crippen LogP contribution in [0.5, 0.6) is 17.2 Å². The number of hydrogen-bond donors (Lipinski definition) is 1. The fraction of sp³-hybridized carbons (Fsp3) is 0.381. The van der Waals surface area contributed by atoms with Gasteiger partial charge in [0.25, 0.3) is 5.91 Å². The number of benzene rings is 2. The summed E-state index contributed by atoms with van der Waals surface area (Å²) in [6.45, 7) is 1.91. The van der Waals surface area contributed by atoms with Gasteiger partial charge in [0.15, 0.2) is 6.10 Å². The number of ether oxygens (including phenoxy) is 3. The fourth-order valence-electron chi connectivity index (χ4n) is 3.44. The molecule has 0 saturated carbocycles. The number of sulfonamides is 1. The van der Waals surface area contributed by atoms with Crippen molar-refractivity contribution in [2.24, 2.45) is 0 Å². The third-order valence-corrected chi connectivity index (χ3v) is 6.42. The molecule has 31 heavy (non-hydrogen) atoms. The second-order valence-electron chi connectivity index (χ2n) is 7.18. The van der Waals surface area contributed by atoms with E-state index in [0.717, 1.165) is 11.8 Å². The quantitative estimate of drug-likeness (QED) is 0.699. The summed E-state index contributed by atoms with van der Waals surface area (Å²) in [5, 5.41) is 3.29. The molecule has 2 aromatic carbocycles. The number of hydrogen-bond acceptors (Lipinski definition) is 6. The van der Waals surface area contributed by atoms with Gasteiger partial charge in [0.05, 0.1) is 32.2 Å². The maximum absolute atomic E-state index is 13.0. The first-order valence-electron chi connectivity index (χ1n) is 9.60. The Kier molecular flexibility index (Phi) is 6.86. The molecule has 168 valence electrons. The molecule has 10 heteroatoms. The molecule has 0 fully saturated rings. The van der Waals surface area contributed by atoms with Crippen LogP contribution in [-0.4, -0.2) is 47.4 Å². The minimum atomic E-state index is -3.58. The van der Waals surface area contributed by atoms with Gasteiger partial charge in [0.1, 0.15) is 17.2 Å². The van der Waals surface area contributed by atoms with E-state index in [4.69, 9.17) is 25.8 Å². The topological polar surface area (TPSA) is 94.2 Å². The number of halogens is 1. The Morgan fingerprint density at radius 2 is 1.97 bits per heavy atom. The van der Waals surface area contributed by atoms with Gasteiger partial charge in [-0.1, -0.05) is 11.6 Å². The summed E-state index contributed by atoms with van der Waals surface area (Å²) < 4.78 is 42.3. The molecule has 8 nitrogen and oxygen atoms in total. The molecule has 0 bridgehead atoms. The van der Waals surface area contributed by atoms with Gasteiger partial charge in [0.2, 0.25) is 10.0 Å². The first-order chi connectivity index (χ1) is 14.6. The molecule has 0 unspecified atom stereocenters. The third kappa shape index (κ3) is 5.16. The SMILES string of the molecule is COc1ccc(OC)c([C@@H](C)NC(=O)[C@H]2CCN(S(C)(=O)=O)c3cc(Cl)ccc3O2)c1. The summed E-state index contributed by atoms with van der Waals surface area (Å²) in [5.41, 5.74) is 1.06. The number of nitrogens with zero attached hydrogens (tertiary/aromatic N) is 1.